The van der Waals surface area contributed by atoms with Crippen LogP contribution in [0.3, 0.4) is 0 Å². The summed E-state index contributed by atoms with van der Waals surface area (Å²) in [5.41, 5.74) is 1.30. The van der Waals surface area contributed by atoms with Crippen molar-refractivity contribution in [3.8, 4) is 0 Å². The number of fused-ring (bicyclic) bond motifs is 1. The normalized spacial score (nSPS) is 12.3. The summed E-state index contributed by atoms with van der Waals surface area (Å²) in [5, 5.41) is 13.1. The molecule has 0 saturated heterocycles. The average Bonchev–Trinajstić information content (AvgIpc) is 3.00. The number of hydrogen-bond donors (Lipinski definition) is 2. The van der Waals surface area contributed by atoms with Gasteiger partial charge in [0.2, 0.25) is 0 Å². The Morgan fingerprint density at radius 1 is 1.21 bits per heavy atom. The quantitative estimate of drug-likeness (QED) is 0.724. The number of H-pyrrole nitrogens is 1. The molecule has 0 spiro atoms. The molecular formula is C17H24N4O3. The zero-order chi connectivity index (χ0) is 17.5. The molecular weight excluding hydrogens is 308 g/mol. The number of nitrogens with one attached hydrogen (secondary N) is 2. The van der Waals surface area contributed by atoms with Gasteiger partial charge in [-0.15, -0.1) is 0 Å². The highest BCUT2D eigenvalue weighted by atomic mass is 16.5. The van der Waals surface area contributed by atoms with Crippen molar-refractivity contribution in [2.75, 3.05) is 6.61 Å². The van der Waals surface area contributed by atoms with E-state index in [0.717, 1.165) is 19.3 Å². The van der Waals surface area contributed by atoms with Crippen LogP contribution in [0.4, 0.5) is 0 Å². The highest BCUT2D eigenvalue weighted by Crippen LogP contribution is 2.14. The number of rotatable bonds is 8. The minimum absolute atomic E-state index is 0.0638. The van der Waals surface area contributed by atoms with Crippen LogP contribution in [0.15, 0.2) is 18.2 Å². The minimum atomic E-state index is -0.586. The maximum absolute atomic E-state index is 12.1. The van der Waals surface area contributed by atoms with E-state index in [4.69, 9.17) is 4.74 Å². The van der Waals surface area contributed by atoms with E-state index in [9.17, 15) is 9.59 Å². The first-order valence-electron chi connectivity index (χ1n) is 8.23. The first-order chi connectivity index (χ1) is 11.5. The number of hydrogen-bond acceptors (Lipinski definition) is 5. The summed E-state index contributed by atoms with van der Waals surface area (Å²) in [4.78, 5) is 24.0. The van der Waals surface area contributed by atoms with Gasteiger partial charge in [-0.25, -0.2) is 4.79 Å². The molecule has 24 heavy (non-hydrogen) atoms. The summed E-state index contributed by atoms with van der Waals surface area (Å²) in [6.07, 6.45) is 3.11. The van der Waals surface area contributed by atoms with E-state index < -0.39 is 5.97 Å². The van der Waals surface area contributed by atoms with E-state index in [-0.39, 0.29) is 18.6 Å². The summed E-state index contributed by atoms with van der Waals surface area (Å²) in [5.74, 6) is -0.224. The predicted molar refractivity (Wildman–Crippen MR) is 90.5 cm³/mol. The molecule has 0 radical (unpaired) electrons. The Balaban J connectivity index is 1.79. The second-order valence-corrected chi connectivity index (χ2v) is 6.37. The lowest BCUT2D eigenvalue weighted by Gasteiger charge is -2.14. The van der Waals surface area contributed by atoms with Crippen LogP contribution in [-0.2, 0) is 9.53 Å². The molecule has 0 saturated carbocycles. The van der Waals surface area contributed by atoms with Crippen molar-refractivity contribution < 1.29 is 14.3 Å². The third kappa shape index (κ3) is 5.04. The van der Waals surface area contributed by atoms with E-state index in [1.54, 1.807) is 18.2 Å². The molecule has 1 heterocycles. The fourth-order valence-electron chi connectivity index (χ4n) is 2.46. The van der Waals surface area contributed by atoms with Gasteiger partial charge in [0.05, 0.1) is 5.56 Å². The molecule has 2 aromatic rings. The standard InChI is InChI=1S/C17H24N4O3/c1-11(2)6-4-7-12(3)18-15(22)10-24-17(23)13-8-5-9-14-16(13)20-21-19-14/h5,8-9,11-12H,4,6-7,10H2,1-3H3,(H,18,22)(H,19,20,21)/t12-/m0/s1. The molecule has 7 heteroatoms. The molecule has 0 fully saturated rings. The van der Waals surface area contributed by atoms with Gasteiger partial charge in [-0.05, 0) is 31.4 Å². The van der Waals surface area contributed by atoms with Crippen LogP contribution in [0.2, 0.25) is 0 Å². The van der Waals surface area contributed by atoms with Gasteiger partial charge in [-0.1, -0.05) is 32.8 Å². The van der Waals surface area contributed by atoms with Gasteiger partial charge in [0, 0.05) is 6.04 Å². The van der Waals surface area contributed by atoms with Crippen molar-refractivity contribution in [2.45, 2.75) is 46.1 Å². The molecule has 2 rings (SSSR count). The number of benzene rings is 1. The maximum atomic E-state index is 12.1. The first-order valence-corrected chi connectivity index (χ1v) is 8.23. The van der Waals surface area contributed by atoms with Gasteiger partial charge in [-0.3, -0.25) is 4.79 Å². The third-order valence-electron chi connectivity index (χ3n) is 3.73. The summed E-state index contributed by atoms with van der Waals surface area (Å²) in [6.45, 7) is 6.01. The van der Waals surface area contributed by atoms with Gasteiger partial charge >= 0.3 is 5.97 Å². The topological polar surface area (TPSA) is 97.0 Å². The molecule has 2 N–H and O–H groups in total. The Morgan fingerprint density at radius 2 is 2.00 bits per heavy atom. The second kappa shape index (κ2) is 8.42. The van der Waals surface area contributed by atoms with E-state index in [1.165, 1.54) is 0 Å². The van der Waals surface area contributed by atoms with Crippen molar-refractivity contribution in [2.24, 2.45) is 5.92 Å². The van der Waals surface area contributed by atoms with Crippen LogP contribution in [0, 0.1) is 5.92 Å². The lowest BCUT2D eigenvalue weighted by Crippen LogP contribution is -2.35. The summed E-state index contributed by atoms with van der Waals surface area (Å²) >= 11 is 0. The van der Waals surface area contributed by atoms with E-state index in [0.29, 0.717) is 22.5 Å². The number of para-hydroxylation sites is 1. The molecule has 1 aromatic carbocycles. The van der Waals surface area contributed by atoms with Gasteiger partial charge < -0.3 is 10.1 Å². The Kier molecular flexibility index (Phi) is 6.28. The number of nitrogens with zero attached hydrogens (tertiary/aromatic N) is 2. The van der Waals surface area contributed by atoms with Crippen molar-refractivity contribution in [3.05, 3.63) is 23.8 Å². The van der Waals surface area contributed by atoms with E-state index in [1.807, 2.05) is 6.92 Å². The molecule has 130 valence electrons. The lowest BCUT2D eigenvalue weighted by molar-refractivity contribution is -0.124. The molecule has 0 aliphatic heterocycles. The summed E-state index contributed by atoms with van der Waals surface area (Å²) < 4.78 is 5.08. The van der Waals surface area contributed by atoms with Gasteiger partial charge in [0.15, 0.2) is 6.61 Å². The number of aromatic nitrogens is 3. The van der Waals surface area contributed by atoms with Crippen LogP contribution in [0.25, 0.3) is 11.0 Å². The van der Waals surface area contributed by atoms with E-state index >= 15 is 0 Å². The van der Waals surface area contributed by atoms with Crippen molar-refractivity contribution in [3.63, 3.8) is 0 Å². The number of amides is 1. The smallest absolute Gasteiger partial charge is 0.340 e. The molecule has 0 unspecified atom stereocenters. The first kappa shape index (κ1) is 17.9. The highest BCUT2D eigenvalue weighted by molar-refractivity contribution is 6.02. The van der Waals surface area contributed by atoms with Crippen molar-refractivity contribution in [1.82, 2.24) is 20.7 Å². The van der Waals surface area contributed by atoms with Crippen molar-refractivity contribution >= 4 is 22.9 Å². The molecule has 0 aliphatic rings. The Bertz CT molecular complexity index is 696. The number of aromatic amines is 1. The average molecular weight is 332 g/mol. The van der Waals surface area contributed by atoms with E-state index in [2.05, 4.69) is 34.6 Å². The van der Waals surface area contributed by atoms with Crippen LogP contribution >= 0.6 is 0 Å². The highest BCUT2D eigenvalue weighted by Gasteiger charge is 2.16. The maximum Gasteiger partial charge on any atom is 0.340 e. The fraction of sp³-hybridized carbons (Fsp3) is 0.529. The molecule has 1 aromatic heterocycles. The van der Waals surface area contributed by atoms with Crippen LogP contribution in [0.1, 0.15) is 50.4 Å². The van der Waals surface area contributed by atoms with Crippen LogP contribution in [-0.4, -0.2) is 39.9 Å². The van der Waals surface area contributed by atoms with Crippen LogP contribution < -0.4 is 5.32 Å². The number of esters is 1. The lowest BCUT2D eigenvalue weighted by atomic mass is 10.0. The molecule has 7 nitrogen and oxygen atoms in total. The van der Waals surface area contributed by atoms with Gasteiger partial charge in [0.1, 0.15) is 11.0 Å². The zero-order valence-corrected chi connectivity index (χ0v) is 14.3. The van der Waals surface area contributed by atoms with Gasteiger partial charge in [-0.2, -0.15) is 15.4 Å². The second-order valence-electron chi connectivity index (χ2n) is 6.37. The molecule has 1 amide bonds. The van der Waals surface area contributed by atoms with Crippen LogP contribution in [0.5, 0.6) is 0 Å². The number of carbonyl (C=O) groups is 2. The number of ether oxygens (including phenoxy) is 1. The molecule has 1 atom stereocenters. The Labute approximate surface area is 141 Å². The fourth-order valence-corrected chi connectivity index (χ4v) is 2.46. The SMILES string of the molecule is CC(C)CCC[C@H](C)NC(=O)COC(=O)c1cccc2n[nH]nc12. The predicted octanol–water partition coefficient (Wildman–Crippen LogP) is 2.45. The number of carbonyl (C=O) groups excluding carboxylic acids is 2. The summed E-state index contributed by atoms with van der Waals surface area (Å²) in [6, 6.07) is 5.09. The monoisotopic (exact) mass is 332 g/mol. The minimum Gasteiger partial charge on any atom is -0.452 e. The molecule has 0 aliphatic carbocycles. The van der Waals surface area contributed by atoms with Crippen molar-refractivity contribution in [1.29, 1.82) is 0 Å². The molecule has 0 bridgehead atoms. The third-order valence-corrected chi connectivity index (χ3v) is 3.73. The summed E-state index contributed by atoms with van der Waals surface area (Å²) in [7, 11) is 0. The zero-order valence-electron chi connectivity index (χ0n) is 14.3. The van der Waals surface area contributed by atoms with Gasteiger partial charge in [0.25, 0.3) is 5.91 Å². The largest absolute Gasteiger partial charge is 0.452 e. The Morgan fingerprint density at radius 3 is 2.75 bits per heavy atom. The Hall–Kier alpha value is -2.44.